The number of nitrogens with zero attached hydrogens (tertiary/aromatic N) is 3. The molecule has 3 aliphatic rings. The molecule has 7 nitrogen and oxygen atoms in total. The predicted molar refractivity (Wildman–Crippen MR) is 102 cm³/mol. The molecule has 1 aromatic rings. The van der Waals surface area contributed by atoms with Crippen molar-refractivity contribution in [3.8, 4) is 0 Å². The predicted octanol–water partition coefficient (Wildman–Crippen LogP) is 1.96. The van der Waals surface area contributed by atoms with Crippen LogP contribution in [0.3, 0.4) is 0 Å². The maximum absolute atomic E-state index is 13.0. The molecule has 3 fully saturated rings. The minimum absolute atomic E-state index is 0.0647. The topological polar surface area (TPSA) is 73.0 Å². The van der Waals surface area contributed by atoms with Crippen LogP contribution in [0, 0.1) is 5.92 Å². The molecule has 3 heterocycles. The highest BCUT2D eigenvalue weighted by Gasteiger charge is 2.52. The molecule has 1 saturated carbocycles. The molecule has 0 unspecified atom stereocenters. The van der Waals surface area contributed by atoms with Crippen molar-refractivity contribution >= 4 is 29.2 Å². The van der Waals surface area contributed by atoms with Crippen molar-refractivity contribution in [2.75, 3.05) is 32.8 Å². The third-order valence-corrected chi connectivity index (χ3v) is 6.96. The molecule has 2 aliphatic heterocycles. The summed E-state index contributed by atoms with van der Waals surface area (Å²) in [5.74, 6) is 0.606. The van der Waals surface area contributed by atoms with Crippen LogP contribution < -0.4 is 5.32 Å². The van der Waals surface area contributed by atoms with Gasteiger partial charge in [-0.15, -0.1) is 11.3 Å². The van der Waals surface area contributed by atoms with Gasteiger partial charge >= 0.3 is 6.03 Å². The first-order valence-corrected chi connectivity index (χ1v) is 10.6. The summed E-state index contributed by atoms with van der Waals surface area (Å²) in [4.78, 5) is 43.9. The molecule has 4 amide bonds. The average molecular weight is 391 g/mol. The summed E-state index contributed by atoms with van der Waals surface area (Å²) in [5, 5.41) is 4.88. The molecular weight excluding hydrogens is 364 g/mol. The van der Waals surface area contributed by atoms with E-state index in [0.717, 1.165) is 30.6 Å². The molecular formula is C19H26N4O3S. The van der Waals surface area contributed by atoms with Crippen molar-refractivity contribution in [1.82, 2.24) is 20.0 Å². The lowest BCUT2D eigenvalue weighted by atomic mass is 9.77. The number of nitrogens with one attached hydrogen (secondary N) is 1. The Morgan fingerprint density at radius 3 is 2.56 bits per heavy atom. The first-order chi connectivity index (χ1) is 13.0. The van der Waals surface area contributed by atoms with Gasteiger partial charge in [0.1, 0.15) is 5.54 Å². The third kappa shape index (κ3) is 3.48. The molecule has 1 N–H and O–H groups in total. The normalized spacial score (nSPS) is 29.4. The van der Waals surface area contributed by atoms with Crippen molar-refractivity contribution in [3.63, 3.8) is 0 Å². The van der Waals surface area contributed by atoms with Crippen molar-refractivity contribution in [2.24, 2.45) is 5.92 Å². The number of imide groups is 1. The lowest BCUT2D eigenvalue weighted by molar-refractivity contribution is -0.134. The SMILES string of the molecule is CC1CCC2(CC1)NC(=O)N(CN1CCN(C(=O)c3cccs3)CC1)C2=O. The molecule has 8 heteroatoms. The van der Waals surface area contributed by atoms with Crippen molar-refractivity contribution < 1.29 is 14.4 Å². The third-order valence-electron chi connectivity index (χ3n) is 6.11. The Kier molecular flexibility index (Phi) is 4.94. The number of hydrogen-bond donors (Lipinski definition) is 1. The van der Waals surface area contributed by atoms with E-state index in [1.54, 1.807) is 0 Å². The molecule has 0 aromatic carbocycles. The van der Waals surface area contributed by atoms with E-state index in [1.807, 2.05) is 22.4 Å². The second-order valence-corrected chi connectivity index (χ2v) is 8.90. The summed E-state index contributed by atoms with van der Waals surface area (Å²) in [7, 11) is 0. The minimum atomic E-state index is -0.680. The average Bonchev–Trinajstić information content (AvgIpc) is 3.28. The molecule has 0 atom stereocenters. The standard InChI is InChI=1S/C19H26N4O3S/c1-14-4-6-19(7-5-14)17(25)23(18(26)20-19)13-21-8-10-22(11-9-21)16(24)15-3-2-12-27-15/h2-3,12,14H,4-11,13H2,1H3,(H,20,26). The van der Waals surface area contributed by atoms with Gasteiger partial charge in [-0.1, -0.05) is 13.0 Å². The lowest BCUT2D eigenvalue weighted by Gasteiger charge is -2.36. The Hall–Kier alpha value is -1.93. The van der Waals surface area contributed by atoms with Crippen LogP contribution in [0.15, 0.2) is 17.5 Å². The van der Waals surface area contributed by atoms with Crippen LogP contribution in [0.25, 0.3) is 0 Å². The van der Waals surface area contributed by atoms with E-state index in [4.69, 9.17) is 0 Å². The van der Waals surface area contributed by atoms with Gasteiger partial charge in [0.05, 0.1) is 11.5 Å². The van der Waals surface area contributed by atoms with Crippen LogP contribution in [-0.2, 0) is 4.79 Å². The van der Waals surface area contributed by atoms with Crippen LogP contribution in [0.2, 0.25) is 0 Å². The minimum Gasteiger partial charge on any atom is -0.335 e. The molecule has 2 saturated heterocycles. The molecule has 4 rings (SSSR count). The molecule has 0 bridgehead atoms. The number of piperazine rings is 1. The van der Waals surface area contributed by atoms with Gasteiger partial charge < -0.3 is 10.2 Å². The van der Waals surface area contributed by atoms with Gasteiger partial charge in [0.15, 0.2) is 0 Å². The summed E-state index contributed by atoms with van der Waals surface area (Å²) in [5.41, 5.74) is -0.680. The van der Waals surface area contributed by atoms with Crippen molar-refractivity contribution in [3.05, 3.63) is 22.4 Å². The number of carbonyl (C=O) groups excluding carboxylic acids is 3. The number of carbonyl (C=O) groups is 3. The fraction of sp³-hybridized carbons (Fsp3) is 0.632. The Balaban J connectivity index is 1.33. The summed E-state index contributed by atoms with van der Waals surface area (Å²) in [6.45, 7) is 5.06. The number of urea groups is 1. The smallest absolute Gasteiger partial charge is 0.326 e. The summed E-state index contributed by atoms with van der Waals surface area (Å²) in [6, 6.07) is 3.46. The first-order valence-electron chi connectivity index (χ1n) is 9.68. The van der Waals surface area contributed by atoms with E-state index in [-0.39, 0.29) is 17.8 Å². The van der Waals surface area contributed by atoms with Crippen LogP contribution >= 0.6 is 11.3 Å². The van der Waals surface area contributed by atoms with E-state index in [2.05, 4.69) is 17.1 Å². The van der Waals surface area contributed by atoms with Crippen molar-refractivity contribution in [1.29, 1.82) is 0 Å². The fourth-order valence-electron chi connectivity index (χ4n) is 4.25. The fourth-order valence-corrected chi connectivity index (χ4v) is 4.94. The van der Waals surface area contributed by atoms with Crippen LogP contribution in [-0.4, -0.2) is 70.9 Å². The lowest BCUT2D eigenvalue weighted by Crippen LogP contribution is -2.53. The first kappa shape index (κ1) is 18.4. The van der Waals surface area contributed by atoms with E-state index >= 15 is 0 Å². The zero-order valence-corrected chi connectivity index (χ0v) is 16.5. The summed E-state index contributed by atoms with van der Waals surface area (Å²) >= 11 is 1.45. The second-order valence-electron chi connectivity index (χ2n) is 7.96. The zero-order chi connectivity index (χ0) is 19.0. The van der Waals surface area contributed by atoms with Gasteiger partial charge in [-0.2, -0.15) is 0 Å². The number of amides is 4. The Morgan fingerprint density at radius 1 is 1.22 bits per heavy atom. The molecule has 1 spiro atoms. The van der Waals surface area contributed by atoms with E-state index in [1.165, 1.54) is 16.2 Å². The summed E-state index contributed by atoms with van der Waals surface area (Å²) < 4.78 is 0. The Labute approximate surface area is 163 Å². The highest BCUT2D eigenvalue weighted by Crippen LogP contribution is 2.36. The van der Waals surface area contributed by atoms with Gasteiger partial charge in [-0.05, 0) is 43.0 Å². The monoisotopic (exact) mass is 390 g/mol. The van der Waals surface area contributed by atoms with E-state index in [0.29, 0.717) is 38.8 Å². The van der Waals surface area contributed by atoms with Gasteiger partial charge in [0.25, 0.3) is 11.8 Å². The largest absolute Gasteiger partial charge is 0.335 e. The van der Waals surface area contributed by atoms with Gasteiger partial charge in [0.2, 0.25) is 0 Å². The highest BCUT2D eigenvalue weighted by molar-refractivity contribution is 7.12. The highest BCUT2D eigenvalue weighted by atomic mass is 32.1. The molecule has 146 valence electrons. The number of rotatable bonds is 3. The molecule has 0 radical (unpaired) electrons. The van der Waals surface area contributed by atoms with Crippen molar-refractivity contribution in [2.45, 2.75) is 38.1 Å². The maximum atomic E-state index is 13.0. The quantitative estimate of drug-likeness (QED) is 0.801. The number of hydrogen-bond acceptors (Lipinski definition) is 5. The Bertz CT molecular complexity index is 719. The van der Waals surface area contributed by atoms with Gasteiger partial charge in [0, 0.05) is 26.2 Å². The number of thiophene rings is 1. The van der Waals surface area contributed by atoms with E-state index in [9.17, 15) is 14.4 Å². The van der Waals surface area contributed by atoms with Gasteiger partial charge in [-0.25, -0.2) is 9.69 Å². The van der Waals surface area contributed by atoms with E-state index < -0.39 is 5.54 Å². The zero-order valence-electron chi connectivity index (χ0n) is 15.6. The molecule has 1 aromatic heterocycles. The van der Waals surface area contributed by atoms with Gasteiger partial charge in [-0.3, -0.25) is 14.5 Å². The molecule has 27 heavy (non-hydrogen) atoms. The van der Waals surface area contributed by atoms with Crippen LogP contribution in [0.4, 0.5) is 4.79 Å². The van der Waals surface area contributed by atoms with Crippen LogP contribution in [0.1, 0.15) is 42.3 Å². The maximum Gasteiger partial charge on any atom is 0.326 e. The second kappa shape index (κ2) is 7.24. The molecule has 1 aliphatic carbocycles. The Morgan fingerprint density at radius 2 is 1.93 bits per heavy atom. The summed E-state index contributed by atoms with van der Waals surface area (Å²) in [6.07, 6.45) is 3.42. The van der Waals surface area contributed by atoms with Crippen LogP contribution in [0.5, 0.6) is 0 Å².